The smallest absolute Gasteiger partial charge is 0.330 e. The number of carbonyl (C=O) groups excluding carboxylic acids is 1. The number of fused-ring (bicyclic) bond motifs is 2. The molecule has 3 nitrogen and oxygen atoms in total. The van der Waals surface area contributed by atoms with Gasteiger partial charge in [-0.1, -0.05) is 6.08 Å². The summed E-state index contributed by atoms with van der Waals surface area (Å²) < 4.78 is 4.89. The fourth-order valence-electron chi connectivity index (χ4n) is 2.78. The van der Waals surface area contributed by atoms with E-state index in [9.17, 15) is 4.79 Å². The van der Waals surface area contributed by atoms with Gasteiger partial charge in [-0.3, -0.25) is 0 Å². The molecule has 0 aromatic carbocycles. The molecular formula is C12H19NO2. The highest BCUT2D eigenvalue weighted by molar-refractivity contribution is 5.82. The predicted molar refractivity (Wildman–Crippen MR) is 58.4 cm³/mol. The van der Waals surface area contributed by atoms with Crippen LogP contribution in [0, 0.1) is 11.3 Å². The Labute approximate surface area is 90.9 Å². The minimum absolute atomic E-state index is 0.208. The molecule has 0 radical (unpaired) electrons. The first-order chi connectivity index (χ1) is 7.24. The first kappa shape index (κ1) is 10.7. The Bertz CT molecular complexity index is 271. The Morgan fingerprint density at radius 3 is 3.33 bits per heavy atom. The van der Waals surface area contributed by atoms with E-state index < -0.39 is 0 Å². The average molecular weight is 209 g/mol. The molecule has 2 aliphatic rings. The van der Waals surface area contributed by atoms with Crippen LogP contribution in [0.1, 0.15) is 26.2 Å². The Kier molecular flexibility index (Phi) is 3.10. The molecule has 3 heteroatoms. The van der Waals surface area contributed by atoms with Crippen molar-refractivity contribution in [3.05, 3.63) is 12.2 Å². The zero-order chi connectivity index (χ0) is 10.7. The van der Waals surface area contributed by atoms with Gasteiger partial charge >= 0.3 is 5.97 Å². The van der Waals surface area contributed by atoms with Gasteiger partial charge in [0.1, 0.15) is 0 Å². The van der Waals surface area contributed by atoms with E-state index in [1.807, 2.05) is 6.92 Å². The number of carbonyl (C=O) groups is 1. The van der Waals surface area contributed by atoms with Crippen molar-refractivity contribution in [1.29, 1.82) is 0 Å². The summed E-state index contributed by atoms with van der Waals surface area (Å²) in [6.45, 7) is 4.45. The number of ether oxygens (including phenoxy) is 1. The van der Waals surface area contributed by atoms with Crippen molar-refractivity contribution in [2.24, 2.45) is 11.3 Å². The maximum absolute atomic E-state index is 11.2. The van der Waals surface area contributed by atoms with Crippen molar-refractivity contribution in [2.45, 2.75) is 26.2 Å². The number of hydrogen-bond acceptors (Lipinski definition) is 3. The third-order valence-corrected chi connectivity index (χ3v) is 3.52. The van der Waals surface area contributed by atoms with Crippen LogP contribution in [-0.2, 0) is 9.53 Å². The fourth-order valence-corrected chi connectivity index (χ4v) is 2.78. The highest BCUT2D eigenvalue weighted by atomic mass is 16.5. The standard InChI is InChI=1S/C12H19NO2/c1-2-15-11(14)4-6-12-5-3-10(7-12)8-13-9-12/h4,6,10,13H,2-3,5,7-9H2,1H3/b6-4+. The normalized spacial score (nSPS) is 34.6. The van der Waals surface area contributed by atoms with Crippen molar-refractivity contribution in [2.75, 3.05) is 19.7 Å². The summed E-state index contributed by atoms with van der Waals surface area (Å²) in [7, 11) is 0. The van der Waals surface area contributed by atoms with E-state index in [4.69, 9.17) is 4.74 Å². The quantitative estimate of drug-likeness (QED) is 0.565. The van der Waals surface area contributed by atoms with Gasteiger partial charge in [0.15, 0.2) is 0 Å². The van der Waals surface area contributed by atoms with Crippen LogP contribution in [0.15, 0.2) is 12.2 Å². The maximum Gasteiger partial charge on any atom is 0.330 e. The van der Waals surface area contributed by atoms with E-state index in [2.05, 4.69) is 11.4 Å². The third kappa shape index (κ3) is 2.40. The van der Waals surface area contributed by atoms with Gasteiger partial charge in [-0.2, -0.15) is 0 Å². The van der Waals surface area contributed by atoms with Gasteiger partial charge in [-0.05, 0) is 38.6 Å². The molecule has 2 rings (SSSR count). The molecule has 84 valence electrons. The van der Waals surface area contributed by atoms with Crippen molar-refractivity contribution in [1.82, 2.24) is 5.32 Å². The topological polar surface area (TPSA) is 38.3 Å². The molecule has 1 saturated carbocycles. The summed E-state index contributed by atoms with van der Waals surface area (Å²) in [6.07, 6.45) is 7.41. The van der Waals surface area contributed by atoms with E-state index in [0.29, 0.717) is 6.61 Å². The van der Waals surface area contributed by atoms with Gasteiger partial charge in [-0.15, -0.1) is 0 Å². The molecule has 0 amide bonds. The lowest BCUT2D eigenvalue weighted by Gasteiger charge is -2.30. The first-order valence-corrected chi connectivity index (χ1v) is 5.81. The molecule has 1 heterocycles. The van der Waals surface area contributed by atoms with Crippen molar-refractivity contribution >= 4 is 5.97 Å². The predicted octanol–water partition coefficient (Wildman–Crippen LogP) is 1.50. The van der Waals surface area contributed by atoms with E-state index in [1.165, 1.54) is 19.3 Å². The zero-order valence-electron chi connectivity index (χ0n) is 9.29. The first-order valence-electron chi connectivity index (χ1n) is 5.81. The minimum Gasteiger partial charge on any atom is -0.463 e. The second-order valence-corrected chi connectivity index (χ2v) is 4.69. The molecule has 0 aromatic heterocycles. The van der Waals surface area contributed by atoms with Crippen molar-refractivity contribution in [3.63, 3.8) is 0 Å². The molecule has 2 atom stereocenters. The van der Waals surface area contributed by atoms with Crippen LogP contribution in [0.3, 0.4) is 0 Å². The lowest BCUT2D eigenvalue weighted by molar-refractivity contribution is -0.137. The SMILES string of the molecule is CCOC(=O)/C=C/C12CCC(CNC1)C2. The van der Waals surface area contributed by atoms with Crippen LogP contribution in [0.25, 0.3) is 0 Å². The van der Waals surface area contributed by atoms with E-state index >= 15 is 0 Å². The van der Waals surface area contributed by atoms with E-state index in [0.717, 1.165) is 19.0 Å². The summed E-state index contributed by atoms with van der Waals surface area (Å²) in [5, 5.41) is 3.44. The molecule has 1 aliphatic carbocycles. The monoisotopic (exact) mass is 209 g/mol. The molecule has 15 heavy (non-hydrogen) atoms. The second-order valence-electron chi connectivity index (χ2n) is 4.69. The number of piperidine rings is 1. The average Bonchev–Trinajstić information content (AvgIpc) is 2.53. The molecule has 1 N–H and O–H groups in total. The Morgan fingerprint density at radius 1 is 1.67 bits per heavy atom. The van der Waals surface area contributed by atoms with Crippen LogP contribution in [0.5, 0.6) is 0 Å². The molecule has 1 aliphatic heterocycles. The van der Waals surface area contributed by atoms with Crippen LogP contribution in [0.4, 0.5) is 0 Å². The van der Waals surface area contributed by atoms with Crippen molar-refractivity contribution < 1.29 is 9.53 Å². The Morgan fingerprint density at radius 2 is 2.53 bits per heavy atom. The van der Waals surface area contributed by atoms with Crippen LogP contribution >= 0.6 is 0 Å². The van der Waals surface area contributed by atoms with Gasteiger partial charge in [0.25, 0.3) is 0 Å². The number of hydrogen-bond donors (Lipinski definition) is 1. The number of rotatable bonds is 3. The molecule has 2 fully saturated rings. The molecule has 1 saturated heterocycles. The second kappa shape index (κ2) is 4.35. The van der Waals surface area contributed by atoms with Crippen LogP contribution < -0.4 is 5.32 Å². The largest absolute Gasteiger partial charge is 0.463 e. The summed E-state index contributed by atoms with van der Waals surface area (Å²) in [4.78, 5) is 11.2. The van der Waals surface area contributed by atoms with Gasteiger partial charge in [-0.25, -0.2) is 4.79 Å². The molecular weight excluding hydrogens is 190 g/mol. The number of nitrogens with one attached hydrogen (secondary N) is 1. The van der Waals surface area contributed by atoms with Crippen LogP contribution in [-0.4, -0.2) is 25.7 Å². The summed E-state index contributed by atoms with van der Waals surface area (Å²) >= 11 is 0. The molecule has 0 spiro atoms. The molecule has 0 aromatic rings. The summed E-state index contributed by atoms with van der Waals surface area (Å²) in [5.41, 5.74) is 0.232. The highest BCUT2D eigenvalue weighted by Gasteiger charge is 2.39. The minimum atomic E-state index is -0.208. The van der Waals surface area contributed by atoms with Gasteiger partial charge in [0.2, 0.25) is 0 Å². The third-order valence-electron chi connectivity index (χ3n) is 3.52. The summed E-state index contributed by atoms with van der Waals surface area (Å²) in [6, 6.07) is 0. The van der Waals surface area contributed by atoms with Gasteiger partial charge < -0.3 is 10.1 Å². The maximum atomic E-state index is 11.2. The van der Waals surface area contributed by atoms with Gasteiger partial charge in [0.05, 0.1) is 6.61 Å². The van der Waals surface area contributed by atoms with Gasteiger partial charge in [0, 0.05) is 18.0 Å². The molecule has 2 bridgehead atoms. The molecule has 2 unspecified atom stereocenters. The summed E-state index contributed by atoms with van der Waals surface area (Å²) in [5.74, 6) is 0.603. The fraction of sp³-hybridized carbons (Fsp3) is 0.750. The Hall–Kier alpha value is -0.830. The lowest BCUT2D eigenvalue weighted by Crippen LogP contribution is -2.37. The van der Waals surface area contributed by atoms with Crippen LogP contribution in [0.2, 0.25) is 0 Å². The number of esters is 1. The Balaban J connectivity index is 1.95. The lowest BCUT2D eigenvalue weighted by atomic mass is 9.82. The van der Waals surface area contributed by atoms with E-state index in [-0.39, 0.29) is 11.4 Å². The van der Waals surface area contributed by atoms with Crippen molar-refractivity contribution in [3.8, 4) is 0 Å². The van der Waals surface area contributed by atoms with E-state index in [1.54, 1.807) is 6.08 Å². The highest BCUT2D eigenvalue weighted by Crippen LogP contribution is 2.44. The zero-order valence-corrected chi connectivity index (χ0v) is 9.29.